The number of benzene rings is 1. The molecule has 132 valence electrons. The molecule has 0 saturated carbocycles. The lowest BCUT2D eigenvalue weighted by molar-refractivity contribution is -0.139. The summed E-state index contributed by atoms with van der Waals surface area (Å²) in [4.78, 5) is 28.5. The van der Waals surface area contributed by atoms with Crippen LogP contribution in [0.3, 0.4) is 0 Å². The van der Waals surface area contributed by atoms with Crippen molar-refractivity contribution >= 4 is 11.8 Å². The number of ether oxygens (including phenoxy) is 1. The lowest BCUT2D eigenvalue weighted by atomic mass is 9.97. The maximum absolute atomic E-state index is 12.6. The summed E-state index contributed by atoms with van der Waals surface area (Å²) in [6.45, 7) is 4.33. The zero-order chi connectivity index (χ0) is 17.6. The van der Waals surface area contributed by atoms with Gasteiger partial charge in [-0.25, -0.2) is 0 Å². The smallest absolute Gasteiger partial charge is 0.233 e. The van der Waals surface area contributed by atoms with E-state index in [1.54, 1.807) is 0 Å². The molecule has 0 radical (unpaired) electrons. The number of carbonyl (C=O) groups is 2. The van der Waals surface area contributed by atoms with E-state index >= 15 is 0 Å². The Kier molecular flexibility index (Phi) is 5.79. The Morgan fingerprint density at radius 3 is 2.44 bits per heavy atom. The SMILES string of the molecule is N#CCc1ccc(CC2CC(=O)N(CCN3CCOCC3)C2=O)cc1. The standard InChI is InChI=1S/C19H23N3O3/c20-6-5-15-1-3-16(4-2-15)13-17-14-18(23)22(19(17)24)8-7-21-9-11-25-12-10-21/h1-4,17H,5,7-14H2. The third-order valence-electron chi connectivity index (χ3n) is 4.87. The Bertz CT molecular complexity index is 659. The molecule has 3 rings (SSSR count). The second-order valence-electron chi connectivity index (χ2n) is 6.59. The first-order valence-electron chi connectivity index (χ1n) is 8.76. The molecule has 0 aliphatic carbocycles. The zero-order valence-electron chi connectivity index (χ0n) is 14.3. The van der Waals surface area contributed by atoms with Crippen LogP contribution in [-0.4, -0.2) is 61.0 Å². The van der Waals surface area contributed by atoms with Gasteiger partial charge in [0.1, 0.15) is 0 Å². The lowest BCUT2D eigenvalue weighted by Gasteiger charge is -2.28. The van der Waals surface area contributed by atoms with Crippen molar-refractivity contribution in [2.45, 2.75) is 19.3 Å². The molecule has 2 amide bonds. The van der Waals surface area contributed by atoms with Gasteiger partial charge in [-0.15, -0.1) is 0 Å². The third kappa shape index (κ3) is 4.44. The Hall–Kier alpha value is -2.23. The third-order valence-corrected chi connectivity index (χ3v) is 4.87. The Morgan fingerprint density at radius 1 is 1.08 bits per heavy atom. The molecule has 2 heterocycles. The lowest BCUT2D eigenvalue weighted by Crippen LogP contribution is -2.43. The molecule has 2 aliphatic rings. The van der Waals surface area contributed by atoms with Crippen molar-refractivity contribution in [2.75, 3.05) is 39.4 Å². The van der Waals surface area contributed by atoms with E-state index in [1.807, 2.05) is 24.3 Å². The molecular formula is C19H23N3O3. The minimum Gasteiger partial charge on any atom is -0.379 e. The van der Waals surface area contributed by atoms with Crippen LogP contribution in [0.1, 0.15) is 17.5 Å². The summed E-state index contributed by atoms with van der Waals surface area (Å²) in [6.07, 6.45) is 1.25. The highest BCUT2D eigenvalue weighted by molar-refractivity contribution is 6.03. The predicted molar refractivity (Wildman–Crippen MR) is 91.5 cm³/mol. The molecule has 2 aliphatic heterocycles. The first-order valence-corrected chi connectivity index (χ1v) is 8.76. The van der Waals surface area contributed by atoms with E-state index in [1.165, 1.54) is 4.90 Å². The van der Waals surface area contributed by atoms with Crippen molar-refractivity contribution in [1.82, 2.24) is 9.80 Å². The van der Waals surface area contributed by atoms with Gasteiger partial charge in [0, 0.05) is 32.6 Å². The van der Waals surface area contributed by atoms with Gasteiger partial charge in [-0.2, -0.15) is 5.26 Å². The summed E-state index contributed by atoms with van der Waals surface area (Å²) in [5, 5.41) is 8.71. The Balaban J connectivity index is 1.54. The zero-order valence-corrected chi connectivity index (χ0v) is 14.3. The number of likely N-dealkylation sites (tertiary alicyclic amines) is 1. The average molecular weight is 341 g/mol. The van der Waals surface area contributed by atoms with Crippen molar-refractivity contribution in [1.29, 1.82) is 5.26 Å². The van der Waals surface area contributed by atoms with Gasteiger partial charge < -0.3 is 4.74 Å². The van der Waals surface area contributed by atoms with Crippen molar-refractivity contribution in [3.8, 4) is 6.07 Å². The molecular weight excluding hydrogens is 318 g/mol. The number of rotatable bonds is 6. The van der Waals surface area contributed by atoms with E-state index in [9.17, 15) is 9.59 Å². The predicted octanol–water partition coefficient (Wildman–Crippen LogP) is 1.00. The summed E-state index contributed by atoms with van der Waals surface area (Å²) in [7, 11) is 0. The van der Waals surface area contributed by atoms with Crippen LogP contribution in [0.2, 0.25) is 0 Å². The molecule has 1 aromatic rings. The number of hydrogen-bond donors (Lipinski definition) is 0. The monoisotopic (exact) mass is 341 g/mol. The molecule has 1 aromatic carbocycles. The van der Waals surface area contributed by atoms with Crippen molar-refractivity contribution in [3.05, 3.63) is 35.4 Å². The molecule has 1 unspecified atom stereocenters. The first kappa shape index (κ1) is 17.6. The maximum atomic E-state index is 12.6. The minimum absolute atomic E-state index is 0.0561. The Morgan fingerprint density at radius 2 is 1.76 bits per heavy atom. The number of morpholine rings is 1. The van der Waals surface area contributed by atoms with Gasteiger partial charge in [0.05, 0.1) is 31.6 Å². The first-order chi connectivity index (χ1) is 12.2. The van der Waals surface area contributed by atoms with Crippen molar-refractivity contribution in [3.63, 3.8) is 0 Å². The van der Waals surface area contributed by atoms with Gasteiger partial charge in [-0.3, -0.25) is 19.4 Å². The van der Waals surface area contributed by atoms with Gasteiger partial charge in [-0.1, -0.05) is 24.3 Å². The second kappa shape index (κ2) is 8.24. The fraction of sp³-hybridized carbons (Fsp3) is 0.526. The van der Waals surface area contributed by atoms with Crippen LogP contribution in [0.25, 0.3) is 0 Å². The van der Waals surface area contributed by atoms with Crippen LogP contribution < -0.4 is 0 Å². The molecule has 6 heteroatoms. The van der Waals surface area contributed by atoms with Crippen LogP contribution in [0.4, 0.5) is 0 Å². The van der Waals surface area contributed by atoms with Crippen LogP contribution in [0.5, 0.6) is 0 Å². The molecule has 0 spiro atoms. The number of carbonyl (C=O) groups excluding carboxylic acids is 2. The van der Waals surface area contributed by atoms with Crippen LogP contribution >= 0.6 is 0 Å². The van der Waals surface area contributed by atoms with Gasteiger partial charge >= 0.3 is 0 Å². The molecule has 2 fully saturated rings. The van der Waals surface area contributed by atoms with Gasteiger partial charge in [-0.05, 0) is 17.5 Å². The van der Waals surface area contributed by atoms with Crippen molar-refractivity contribution < 1.29 is 14.3 Å². The van der Waals surface area contributed by atoms with E-state index in [2.05, 4.69) is 11.0 Å². The van der Waals surface area contributed by atoms with Crippen LogP contribution in [-0.2, 0) is 27.2 Å². The van der Waals surface area contributed by atoms with Crippen molar-refractivity contribution in [2.24, 2.45) is 5.92 Å². The molecule has 25 heavy (non-hydrogen) atoms. The molecule has 0 aromatic heterocycles. The topological polar surface area (TPSA) is 73.6 Å². The number of amides is 2. The number of nitriles is 1. The van der Waals surface area contributed by atoms with E-state index in [-0.39, 0.29) is 17.7 Å². The number of hydrogen-bond acceptors (Lipinski definition) is 5. The molecule has 6 nitrogen and oxygen atoms in total. The highest BCUT2D eigenvalue weighted by Crippen LogP contribution is 2.24. The van der Waals surface area contributed by atoms with E-state index in [4.69, 9.17) is 10.00 Å². The normalized spacial score (nSPS) is 21.6. The molecule has 2 saturated heterocycles. The quantitative estimate of drug-likeness (QED) is 0.722. The average Bonchev–Trinajstić information content (AvgIpc) is 2.89. The summed E-state index contributed by atoms with van der Waals surface area (Å²) in [5.74, 6) is -0.386. The van der Waals surface area contributed by atoms with E-state index in [0.29, 0.717) is 39.0 Å². The minimum atomic E-state index is -0.265. The summed E-state index contributed by atoms with van der Waals surface area (Å²) in [5.41, 5.74) is 2.00. The second-order valence-corrected chi connectivity index (χ2v) is 6.59. The maximum Gasteiger partial charge on any atom is 0.233 e. The van der Waals surface area contributed by atoms with E-state index in [0.717, 1.165) is 30.8 Å². The van der Waals surface area contributed by atoms with Gasteiger partial charge in [0.2, 0.25) is 11.8 Å². The largest absolute Gasteiger partial charge is 0.379 e. The highest BCUT2D eigenvalue weighted by atomic mass is 16.5. The van der Waals surface area contributed by atoms with Gasteiger partial charge in [0.25, 0.3) is 0 Å². The number of imide groups is 1. The van der Waals surface area contributed by atoms with Crippen LogP contribution in [0, 0.1) is 17.2 Å². The van der Waals surface area contributed by atoms with E-state index < -0.39 is 0 Å². The van der Waals surface area contributed by atoms with Crippen LogP contribution in [0.15, 0.2) is 24.3 Å². The molecule has 0 N–H and O–H groups in total. The Labute approximate surface area is 148 Å². The highest BCUT2D eigenvalue weighted by Gasteiger charge is 2.38. The number of nitrogens with zero attached hydrogens (tertiary/aromatic N) is 3. The fourth-order valence-corrected chi connectivity index (χ4v) is 3.38. The fourth-order valence-electron chi connectivity index (χ4n) is 3.38. The summed E-state index contributed by atoms with van der Waals surface area (Å²) in [6, 6.07) is 9.83. The van der Waals surface area contributed by atoms with Gasteiger partial charge in [0.15, 0.2) is 0 Å². The molecule has 0 bridgehead atoms. The summed E-state index contributed by atoms with van der Waals surface area (Å²) < 4.78 is 5.31. The summed E-state index contributed by atoms with van der Waals surface area (Å²) >= 11 is 0. The molecule has 1 atom stereocenters.